The first-order valence-electron chi connectivity index (χ1n) is 5.08. The van der Waals surface area contributed by atoms with E-state index in [1.807, 2.05) is 60.7 Å². The third kappa shape index (κ3) is 12.4. The Morgan fingerprint density at radius 2 is 0.944 bits per heavy atom. The molecule has 0 aromatic heterocycles. The normalized spacial score (nSPS) is 8.22. The highest BCUT2D eigenvalue weighted by Crippen LogP contribution is 1.93. The summed E-state index contributed by atoms with van der Waals surface area (Å²) in [6.45, 7) is 0. The highest BCUT2D eigenvalue weighted by atomic mass is 31.1. The van der Waals surface area contributed by atoms with E-state index in [0.717, 1.165) is 11.4 Å². The van der Waals surface area contributed by atoms with Crippen molar-refractivity contribution in [2.75, 3.05) is 0 Å². The molecule has 6 N–H and O–H groups in total. The molecule has 0 atom stereocenters. The summed E-state index contributed by atoms with van der Waals surface area (Å²) in [5.41, 5.74) is 9.58. The third-order valence-electron chi connectivity index (χ3n) is 1.69. The maximum absolute atomic E-state index is 8.48. The van der Waals surface area contributed by atoms with Crippen molar-refractivity contribution >= 4 is 19.6 Å². The lowest BCUT2D eigenvalue weighted by atomic mass is 10.3. The zero-order valence-electron chi connectivity index (χ0n) is 9.86. The zero-order valence-corrected chi connectivity index (χ0v) is 10.8. The maximum atomic E-state index is 8.48. The summed E-state index contributed by atoms with van der Waals surface area (Å²) in [4.78, 5) is 17.0. The van der Waals surface area contributed by atoms with Crippen LogP contribution in [0, 0.1) is 0 Å². The van der Waals surface area contributed by atoms with Crippen LogP contribution in [0.2, 0.25) is 0 Å². The van der Waals surface area contributed by atoms with Crippen molar-refractivity contribution in [1.82, 2.24) is 0 Å². The van der Waals surface area contributed by atoms with Crippen LogP contribution in [0.15, 0.2) is 60.7 Å². The molecule has 2 aromatic rings. The van der Waals surface area contributed by atoms with Crippen molar-refractivity contribution in [3.8, 4) is 0 Å². The molecule has 0 heterocycles. The van der Waals surface area contributed by atoms with Gasteiger partial charge in [-0.3, -0.25) is 0 Å². The van der Waals surface area contributed by atoms with Gasteiger partial charge in [0, 0.05) is 0 Å². The molecule has 0 bridgehead atoms. The Bertz CT molecular complexity index is 396. The molecular weight excluding hydrogens is 251 g/mol. The first-order valence-corrected chi connectivity index (χ1v) is 6.17. The number of hydrogen-bond acceptors (Lipinski definition) is 3. The van der Waals surface area contributed by atoms with Crippen LogP contribution < -0.4 is 21.3 Å². The molecule has 0 spiro atoms. The molecule has 0 unspecified atom stereocenters. The largest absolute Gasteiger partial charge is 0.598 e. The Labute approximate surface area is 107 Å². The van der Waals surface area contributed by atoms with Gasteiger partial charge >= 0.3 is 0 Å². The first kappa shape index (κ1) is 16.4. The number of quaternary nitrogens is 2. The molecule has 0 radical (unpaired) electrons. The van der Waals surface area contributed by atoms with E-state index >= 15 is 0 Å². The van der Waals surface area contributed by atoms with Crippen LogP contribution in [0.25, 0.3) is 0 Å². The lowest BCUT2D eigenvalue weighted by molar-refractivity contribution is -0.297. The van der Waals surface area contributed by atoms with Gasteiger partial charge in [-0.1, -0.05) is 41.0 Å². The van der Waals surface area contributed by atoms with E-state index in [0.29, 0.717) is 0 Å². The summed E-state index contributed by atoms with van der Waals surface area (Å²) in [7, 11) is -3.37. The fourth-order valence-electron chi connectivity index (χ4n) is 0.956. The molecule has 2 aromatic carbocycles. The Morgan fingerprint density at radius 3 is 1.06 bits per heavy atom. The molecule has 96 valence electrons. The van der Waals surface area contributed by atoms with Crippen LogP contribution in [0.5, 0.6) is 0 Å². The van der Waals surface area contributed by atoms with Crippen molar-refractivity contribution in [3.05, 3.63) is 60.7 Å². The second-order valence-electron chi connectivity index (χ2n) is 3.19. The van der Waals surface area contributed by atoms with E-state index < -0.39 is 8.25 Å². The predicted molar refractivity (Wildman–Crippen MR) is 65.6 cm³/mol. The van der Waals surface area contributed by atoms with E-state index in [9.17, 15) is 0 Å². The van der Waals surface area contributed by atoms with Crippen LogP contribution >= 0.6 is 8.25 Å². The van der Waals surface area contributed by atoms with Gasteiger partial charge in [0.2, 0.25) is 0 Å². The smallest absolute Gasteiger partial charge is 0.276 e. The molecule has 0 amide bonds. The molecule has 0 saturated carbocycles. The quantitative estimate of drug-likeness (QED) is 0.625. The lowest BCUT2D eigenvalue weighted by Gasteiger charge is -1.78. The van der Waals surface area contributed by atoms with Crippen molar-refractivity contribution in [3.63, 3.8) is 0 Å². The molecule has 0 saturated heterocycles. The van der Waals surface area contributed by atoms with Gasteiger partial charge in [-0.15, -0.1) is 0 Å². The SMILES string of the molecule is O=[P+]([O-])[O-].[NH3+]c1ccccc1.[NH3+]c1ccccc1. The van der Waals surface area contributed by atoms with E-state index in [-0.39, 0.29) is 0 Å². The van der Waals surface area contributed by atoms with Gasteiger partial charge < -0.3 is 21.3 Å². The van der Waals surface area contributed by atoms with Gasteiger partial charge in [0.1, 0.15) is 11.4 Å². The highest BCUT2D eigenvalue weighted by molar-refractivity contribution is 7.27. The minimum atomic E-state index is -3.37. The van der Waals surface area contributed by atoms with Crippen LogP contribution in [-0.4, -0.2) is 0 Å². The molecule has 5 nitrogen and oxygen atoms in total. The summed E-state index contributed by atoms with van der Waals surface area (Å²) in [6, 6.07) is 19.7. The molecule has 2 rings (SSSR count). The van der Waals surface area contributed by atoms with Gasteiger partial charge in [0.05, 0.1) is 0 Å². The summed E-state index contributed by atoms with van der Waals surface area (Å²) in [5.74, 6) is 0. The summed E-state index contributed by atoms with van der Waals surface area (Å²) >= 11 is 0. The fourth-order valence-corrected chi connectivity index (χ4v) is 0.956. The van der Waals surface area contributed by atoms with Crippen molar-refractivity contribution < 1.29 is 25.8 Å². The topological polar surface area (TPSA) is 118 Å². The minimum absolute atomic E-state index is 1.07. The summed E-state index contributed by atoms with van der Waals surface area (Å²) in [6.07, 6.45) is 0. The minimum Gasteiger partial charge on any atom is -0.598 e. The molecule has 18 heavy (non-hydrogen) atoms. The maximum Gasteiger partial charge on any atom is 0.276 e. The van der Waals surface area contributed by atoms with Crippen molar-refractivity contribution in [2.45, 2.75) is 0 Å². The fraction of sp³-hybridized carbons (Fsp3) is 0. The highest BCUT2D eigenvalue weighted by Gasteiger charge is 1.77. The number of rotatable bonds is 0. The van der Waals surface area contributed by atoms with Crippen molar-refractivity contribution in [2.24, 2.45) is 0 Å². The van der Waals surface area contributed by atoms with E-state index in [2.05, 4.69) is 11.5 Å². The first-order chi connectivity index (χ1) is 8.52. The number of benzene rings is 2. The van der Waals surface area contributed by atoms with E-state index in [1.54, 1.807) is 0 Å². The van der Waals surface area contributed by atoms with Crippen LogP contribution in [0.1, 0.15) is 0 Å². The van der Waals surface area contributed by atoms with Crippen LogP contribution in [-0.2, 0) is 4.57 Å². The Kier molecular flexibility index (Phi) is 9.58. The van der Waals surface area contributed by atoms with Gasteiger partial charge in [0.15, 0.2) is 0 Å². The van der Waals surface area contributed by atoms with E-state index in [4.69, 9.17) is 14.4 Å². The van der Waals surface area contributed by atoms with Crippen LogP contribution in [0.3, 0.4) is 0 Å². The second-order valence-corrected chi connectivity index (χ2v) is 3.64. The monoisotopic (exact) mass is 267 g/mol. The predicted octanol–water partition coefficient (Wildman–Crippen LogP) is -0.516. The average Bonchev–Trinajstić information content (AvgIpc) is 2.31. The zero-order chi connectivity index (χ0) is 13.8. The van der Waals surface area contributed by atoms with Gasteiger partial charge in [0.25, 0.3) is 8.25 Å². The van der Waals surface area contributed by atoms with Gasteiger partial charge in [-0.25, -0.2) is 0 Å². The molecule has 0 aliphatic heterocycles. The second kappa shape index (κ2) is 10.5. The standard InChI is InChI=1S/2C6H7N.HO3P/c2*7-6-4-2-1-3-5-6;1-4(2)3/h2*1-5H,7H2;(H,1,2,3)/p+1. The molecule has 6 heteroatoms. The molecule has 0 aliphatic carbocycles. The summed E-state index contributed by atoms with van der Waals surface area (Å²) < 4.78 is 8.48. The van der Waals surface area contributed by atoms with Crippen molar-refractivity contribution in [1.29, 1.82) is 0 Å². The Morgan fingerprint density at radius 1 is 0.722 bits per heavy atom. The van der Waals surface area contributed by atoms with Gasteiger partial charge in [-0.05, 0) is 24.3 Å². The summed E-state index contributed by atoms with van der Waals surface area (Å²) in [5, 5.41) is 0. The average molecular weight is 267 g/mol. The van der Waals surface area contributed by atoms with E-state index in [1.165, 1.54) is 0 Å². The van der Waals surface area contributed by atoms with Crippen LogP contribution in [0.4, 0.5) is 11.4 Å². The molecule has 0 aliphatic rings. The lowest BCUT2D eigenvalue weighted by Crippen LogP contribution is -2.39. The van der Waals surface area contributed by atoms with Gasteiger partial charge in [-0.2, -0.15) is 0 Å². The number of hydrogen-bond donors (Lipinski definition) is 2. The molecule has 0 fully saturated rings. The third-order valence-corrected chi connectivity index (χ3v) is 1.69. The Balaban J connectivity index is 0.000000253. The Hall–Kier alpha value is -1.62. The molecular formula is C12H16N2O3P+.